The normalized spacial score (nSPS) is 24.7. The second-order valence-corrected chi connectivity index (χ2v) is 9.41. The van der Waals surface area contributed by atoms with E-state index in [9.17, 15) is 4.79 Å². The number of nitrogens with one attached hydrogen (secondary N) is 1. The number of amides is 1. The molecule has 0 saturated carbocycles. The number of rotatable bonds is 5. The lowest BCUT2D eigenvalue weighted by Gasteiger charge is -2.44. The van der Waals surface area contributed by atoms with Crippen molar-refractivity contribution in [1.82, 2.24) is 15.2 Å². The van der Waals surface area contributed by atoms with Crippen molar-refractivity contribution in [2.24, 2.45) is 5.92 Å². The zero-order valence-corrected chi connectivity index (χ0v) is 17.6. The molecule has 27 heavy (non-hydrogen) atoms. The monoisotopic (exact) mass is 386 g/mol. The largest absolute Gasteiger partial charge is 0.366 e. The van der Waals surface area contributed by atoms with Crippen molar-refractivity contribution < 1.29 is 4.79 Å². The highest BCUT2D eigenvalue weighted by molar-refractivity contribution is 7.17. The summed E-state index contributed by atoms with van der Waals surface area (Å²) in [6.07, 6.45) is 4.25. The Bertz CT molecular complexity index is 815. The maximum atomic E-state index is 12.9. The van der Waals surface area contributed by atoms with Gasteiger partial charge in [-0.3, -0.25) is 4.79 Å². The highest BCUT2D eigenvalue weighted by Gasteiger charge is 2.35. The number of piperidine rings is 3. The lowest BCUT2D eigenvalue weighted by atomic mass is 9.84. The SMILES string of the molecule is CC(C)N(c1csc2cnc(C(=O)NC3CN4CCC3CC4)cc12)C(C)C. The van der Waals surface area contributed by atoms with Crippen LogP contribution in [0, 0.1) is 5.92 Å². The summed E-state index contributed by atoms with van der Waals surface area (Å²) < 4.78 is 1.13. The molecule has 0 aliphatic carbocycles. The lowest BCUT2D eigenvalue weighted by Crippen LogP contribution is -2.57. The zero-order chi connectivity index (χ0) is 19.1. The molecule has 2 bridgehead atoms. The van der Waals surface area contributed by atoms with Crippen molar-refractivity contribution in [3.05, 3.63) is 23.3 Å². The molecule has 5 heterocycles. The summed E-state index contributed by atoms with van der Waals surface area (Å²) in [5.74, 6) is 0.588. The minimum atomic E-state index is -0.0338. The van der Waals surface area contributed by atoms with Crippen molar-refractivity contribution in [2.75, 3.05) is 24.5 Å². The molecule has 1 amide bonds. The minimum absolute atomic E-state index is 0.0338. The summed E-state index contributed by atoms with van der Waals surface area (Å²) in [7, 11) is 0. The number of anilines is 1. The summed E-state index contributed by atoms with van der Waals surface area (Å²) in [5.41, 5.74) is 1.74. The summed E-state index contributed by atoms with van der Waals surface area (Å²) in [5, 5.41) is 6.60. The van der Waals surface area contributed by atoms with Crippen molar-refractivity contribution >= 4 is 33.0 Å². The second kappa shape index (κ2) is 7.40. The van der Waals surface area contributed by atoms with Gasteiger partial charge in [0.2, 0.25) is 0 Å². The zero-order valence-electron chi connectivity index (χ0n) is 16.7. The molecule has 3 saturated heterocycles. The van der Waals surface area contributed by atoms with E-state index in [4.69, 9.17) is 0 Å². The van der Waals surface area contributed by atoms with Gasteiger partial charge in [0, 0.05) is 41.6 Å². The Morgan fingerprint density at radius 2 is 1.96 bits per heavy atom. The van der Waals surface area contributed by atoms with Gasteiger partial charge in [0.05, 0.1) is 10.4 Å². The number of thiophene rings is 1. The topological polar surface area (TPSA) is 48.5 Å². The fraction of sp³-hybridized carbons (Fsp3) is 0.619. The number of carbonyl (C=O) groups excluding carboxylic acids is 1. The first-order valence-electron chi connectivity index (χ1n) is 10.1. The van der Waals surface area contributed by atoms with Crippen LogP contribution in [-0.2, 0) is 0 Å². The smallest absolute Gasteiger partial charge is 0.270 e. The Balaban J connectivity index is 1.59. The number of nitrogens with zero attached hydrogens (tertiary/aromatic N) is 3. The van der Waals surface area contributed by atoms with E-state index in [-0.39, 0.29) is 11.9 Å². The van der Waals surface area contributed by atoms with Crippen LogP contribution < -0.4 is 10.2 Å². The Hall–Kier alpha value is -1.66. The third-order valence-electron chi connectivity index (χ3n) is 6.04. The van der Waals surface area contributed by atoms with Gasteiger partial charge in [-0.25, -0.2) is 4.98 Å². The van der Waals surface area contributed by atoms with Crippen LogP contribution >= 0.6 is 11.3 Å². The van der Waals surface area contributed by atoms with Crippen LogP contribution in [0.2, 0.25) is 0 Å². The van der Waals surface area contributed by atoms with Crippen LogP contribution in [0.5, 0.6) is 0 Å². The van der Waals surface area contributed by atoms with E-state index < -0.39 is 0 Å². The molecular weight excluding hydrogens is 356 g/mol. The number of aromatic nitrogens is 1. The van der Waals surface area contributed by atoms with Crippen LogP contribution in [0.1, 0.15) is 51.0 Å². The van der Waals surface area contributed by atoms with E-state index in [1.165, 1.54) is 31.6 Å². The first-order chi connectivity index (χ1) is 12.9. The molecular formula is C21H30N4OS. The Morgan fingerprint density at radius 3 is 2.56 bits per heavy atom. The molecule has 6 heteroatoms. The molecule has 5 rings (SSSR count). The molecule has 3 aliphatic rings. The van der Waals surface area contributed by atoms with Crippen molar-refractivity contribution in [1.29, 1.82) is 0 Å². The Kier molecular flexibility index (Phi) is 5.12. The van der Waals surface area contributed by atoms with Gasteiger partial charge < -0.3 is 15.1 Å². The van der Waals surface area contributed by atoms with Crippen molar-refractivity contribution in [3.63, 3.8) is 0 Å². The highest BCUT2D eigenvalue weighted by atomic mass is 32.1. The van der Waals surface area contributed by atoms with Crippen LogP contribution in [0.4, 0.5) is 5.69 Å². The molecule has 2 aromatic rings. The summed E-state index contributed by atoms with van der Waals surface area (Å²) in [6, 6.07) is 3.05. The van der Waals surface area contributed by atoms with E-state index in [1.807, 2.05) is 12.3 Å². The molecule has 1 unspecified atom stereocenters. The number of hydrogen-bond donors (Lipinski definition) is 1. The molecule has 0 radical (unpaired) electrons. The third kappa shape index (κ3) is 3.57. The first kappa shape index (κ1) is 18.7. The van der Waals surface area contributed by atoms with Crippen LogP contribution in [-0.4, -0.2) is 53.6 Å². The van der Waals surface area contributed by atoms with Gasteiger partial charge in [0.1, 0.15) is 5.69 Å². The van der Waals surface area contributed by atoms with E-state index in [0.29, 0.717) is 23.7 Å². The van der Waals surface area contributed by atoms with Crippen LogP contribution in [0.15, 0.2) is 17.6 Å². The predicted octanol–water partition coefficient (Wildman–Crippen LogP) is 3.74. The average molecular weight is 387 g/mol. The van der Waals surface area contributed by atoms with Gasteiger partial charge in [-0.2, -0.15) is 0 Å². The molecule has 2 aromatic heterocycles. The second-order valence-electron chi connectivity index (χ2n) is 8.50. The Morgan fingerprint density at radius 1 is 1.26 bits per heavy atom. The van der Waals surface area contributed by atoms with Gasteiger partial charge in [0.25, 0.3) is 5.91 Å². The van der Waals surface area contributed by atoms with Crippen molar-refractivity contribution in [3.8, 4) is 0 Å². The van der Waals surface area contributed by atoms with Crippen LogP contribution in [0.3, 0.4) is 0 Å². The van der Waals surface area contributed by atoms with Gasteiger partial charge in [-0.15, -0.1) is 11.3 Å². The molecule has 0 spiro atoms. The number of carbonyl (C=O) groups is 1. The summed E-state index contributed by atoms with van der Waals surface area (Å²) in [6.45, 7) is 12.2. The molecule has 146 valence electrons. The van der Waals surface area contributed by atoms with Crippen molar-refractivity contribution in [2.45, 2.75) is 58.7 Å². The van der Waals surface area contributed by atoms with E-state index in [0.717, 1.165) is 16.6 Å². The standard InChI is InChI=1S/C21H30N4OS/c1-13(2)25(14(3)4)19-12-27-20-10-22-17(9-16(19)20)21(26)23-18-11-24-7-5-15(18)6-8-24/h9-10,12-15,18H,5-8,11H2,1-4H3,(H,23,26). The maximum Gasteiger partial charge on any atom is 0.270 e. The molecule has 0 aromatic carbocycles. The summed E-state index contributed by atoms with van der Waals surface area (Å²) in [4.78, 5) is 22.2. The molecule has 3 fully saturated rings. The highest BCUT2D eigenvalue weighted by Crippen LogP contribution is 2.35. The molecule has 1 N–H and O–H groups in total. The summed E-state index contributed by atoms with van der Waals surface area (Å²) >= 11 is 1.70. The fourth-order valence-electron chi connectivity index (χ4n) is 4.77. The minimum Gasteiger partial charge on any atom is -0.366 e. The van der Waals surface area contributed by atoms with E-state index in [1.54, 1.807) is 11.3 Å². The van der Waals surface area contributed by atoms with Gasteiger partial charge in [-0.05, 0) is 65.6 Å². The third-order valence-corrected chi connectivity index (χ3v) is 6.96. The number of hydrogen-bond acceptors (Lipinski definition) is 5. The quantitative estimate of drug-likeness (QED) is 0.850. The molecule has 1 atom stereocenters. The van der Waals surface area contributed by atoms with Gasteiger partial charge in [-0.1, -0.05) is 0 Å². The Labute approximate surface area is 165 Å². The fourth-order valence-corrected chi connectivity index (χ4v) is 5.66. The number of pyridine rings is 1. The van der Waals surface area contributed by atoms with E-state index in [2.05, 4.69) is 53.2 Å². The average Bonchev–Trinajstić information content (AvgIpc) is 3.05. The van der Waals surface area contributed by atoms with Crippen LogP contribution in [0.25, 0.3) is 10.1 Å². The molecule has 5 nitrogen and oxygen atoms in total. The first-order valence-corrected chi connectivity index (χ1v) is 11.0. The lowest BCUT2D eigenvalue weighted by molar-refractivity contribution is 0.0618. The molecule has 3 aliphatic heterocycles. The predicted molar refractivity (Wildman–Crippen MR) is 113 cm³/mol. The van der Waals surface area contributed by atoms with Gasteiger partial charge in [0.15, 0.2) is 0 Å². The maximum absolute atomic E-state index is 12.9. The van der Waals surface area contributed by atoms with E-state index >= 15 is 0 Å². The number of fused-ring (bicyclic) bond motifs is 4. The van der Waals surface area contributed by atoms with Gasteiger partial charge >= 0.3 is 0 Å².